The lowest BCUT2D eigenvalue weighted by Crippen LogP contribution is -1.96. The first kappa shape index (κ1) is 13.4. The van der Waals surface area contributed by atoms with Gasteiger partial charge in [0.15, 0.2) is 5.65 Å². The van der Waals surface area contributed by atoms with Gasteiger partial charge in [0.25, 0.3) is 0 Å². The monoisotopic (exact) mass is 299 g/mol. The topological polar surface area (TPSA) is 47.3 Å². The predicted octanol–water partition coefficient (Wildman–Crippen LogP) is 3.88. The van der Waals surface area contributed by atoms with Gasteiger partial charge < -0.3 is 0 Å². The minimum atomic E-state index is 0.653. The fraction of sp³-hybridized carbons (Fsp3) is 0. The zero-order valence-corrected chi connectivity index (χ0v) is 12.3. The molecule has 0 aliphatic rings. The lowest BCUT2D eigenvalue weighted by molar-refractivity contribution is 0.112. The zero-order chi connectivity index (χ0) is 15.6. The molecule has 0 bridgehead atoms. The molecule has 0 radical (unpaired) electrons. The van der Waals surface area contributed by atoms with E-state index < -0.39 is 0 Å². The van der Waals surface area contributed by atoms with Crippen molar-refractivity contribution >= 4 is 11.9 Å². The van der Waals surface area contributed by atoms with Gasteiger partial charge in [0.2, 0.25) is 0 Å². The average molecular weight is 299 g/mol. The van der Waals surface area contributed by atoms with Crippen LogP contribution in [0.2, 0.25) is 0 Å². The number of rotatable bonds is 3. The summed E-state index contributed by atoms with van der Waals surface area (Å²) in [6.45, 7) is 0. The minimum Gasteiger partial charge on any atom is -0.298 e. The Bertz CT molecular complexity index is 973. The van der Waals surface area contributed by atoms with Gasteiger partial charge in [0.1, 0.15) is 6.29 Å². The molecule has 2 aromatic carbocycles. The third kappa shape index (κ3) is 2.40. The van der Waals surface area contributed by atoms with Crippen molar-refractivity contribution in [3.63, 3.8) is 0 Å². The summed E-state index contributed by atoms with van der Waals surface area (Å²) in [6, 6.07) is 19.4. The van der Waals surface area contributed by atoms with E-state index >= 15 is 0 Å². The summed E-state index contributed by atoms with van der Waals surface area (Å²) >= 11 is 0. The normalized spacial score (nSPS) is 10.8. The molecule has 0 saturated heterocycles. The van der Waals surface area contributed by atoms with Crippen LogP contribution in [0.5, 0.6) is 0 Å². The molecule has 2 aromatic heterocycles. The highest BCUT2D eigenvalue weighted by molar-refractivity contribution is 5.83. The SMILES string of the molecule is O=Cc1ccc(-c2nc3ccnn3cc2-c2ccccc2)cc1. The van der Waals surface area contributed by atoms with Gasteiger partial charge in [-0.15, -0.1) is 0 Å². The van der Waals surface area contributed by atoms with E-state index in [1.165, 1.54) is 0 Å². The second-order valence-electron chi connectivity index (χ2n) is 5.24. The molecule has 4 nitrogen and oxygen atoms in total. The Morgan fingerprint density at radius 1 is 0.870 bits per heavy atom. The van der Waals surface area contributed by atoms with E-state index in [0.29, 0.717) is 5.56 Å². The first-order chi connectivity index (χ1) is 11.3. The van der Waals surface area contributed by atoms with E-state index in [9.17, 15) is 4.79 Å². The number of benzene rings is 2. The Morgan fingerprint density at radius 2 is 1.65 bits per heavy atom. The molecule has 4 aromatic rings. The zero-order valence-electron chi connectivity index (χ0n) is 12.3. The van der Waals surface area contributed by atoms with Gasteiger partial charge in [-0.3, -0.25) is 4.79 Å². The van der Waals surface area contributed by atoms with E-state index in [2.05, 4.69) is 17.2 Å². The van der Waals surface area contributed by atoms with Crippen molar-refractivity contribution in [1.82, 2.24) is 14.6 Å². The predicted molar refractivity (Wildman–Crippen MR) is 89.2 cm³/mol. The summed E-state index contributed by atoms with van der Waals surface area (Å²) in [5.74, 6) is 0. The number of fused-ring (bicyclic) bond motifs is 1. The summed E-state index contributed by atoms with van der Waals surface area (Å²) in [4.78, 5) is 15.6. The van der Waals surface area contributed by atoms with Crippen molar-refractivity contribution < 1.29 is 4.79 Å². The smallest absolute Gasteiger partial charge is 0.155 e. The van der Waals surface area contributed by atoms with E-state index in [0.717, 1.165) is 34.3 Å². The average Bonchev–Trinajstić information content (AvgIpc) is 3.09. The molecule has 0 aliphatic heterocycles. The molecule has 110 valence electrons. The van der Waals surface area contributed by atoms with Gasteiger partial charge in [-0.05, 0) is 5.56 Å². The van der Waals surface area contributed by atoms with Crippen molar-refractivity contribution in [1.29, 1.82) is 0 Å². The largest absolute Gasteiger partial charge is 0.298 e. The Kier molecular flexibility index (Phi) is 3.20. The van der Waals surface area contributed by atoms with Crippen LogP contribution in [0, 0.1) is 0 Å². The first-order valence-electron chi connectivity index (χ1n) is 7.30. The third-order valence-electron chi connectivity index (χ3n) is 3.79. The van der Waals surface area contributed by atoms with E-state index in [4.69, 9.17) is 4.98 Å². The van der Waals surface area contributed by atoms with Crippen molar-refractivity contribution in [2.24, 2.45) is 0 Å². The van der Waals surface area contributed by atoms with Gasteiger partial charge in [-0.1, -0.05) is 54.6 Å². The standard InChI is InChI=1S/C19H13N3O/c23-13-14-6-8-16(9-7-14)19-17(15-4-2-1-3-5-15)12-22-18(21-19)10-11-20-22/h1-13H. The van der Waals surface area contributed by atoms with Crippen LogP contribution in [0.4, 0.5) is 0 Å². The van der Waals surface area contributed by atoms with Gasteiger partial charge in [0, 0.05) is 29.0 Å². The lowest BCUT2D eigenvalue weighted by atomic mass is 10.00. The third-order valence-corrected chi connectivity index (χ3v) is 3.79. The Hall–Kier alpha value is -3.27. The number of carbonyl (C=O) groups is 1. The number of aldehydes is 1. The lowest BCUT2D eigenvalue weighted by Gasteiger charge is -2.10. The molecule has 0 aliphatic carbocycles. The van der Waals surface area contributed by atoms with Crippen LogP contribution in [0.15, 0.2) is 73.1 Å². The van der Waals surface area contributed by atoms with Crippen LogP contribution in [0.3, 0.4) is 0 Å². The van der Waals surface area contributed by atoms with Crippen LogP contribution >= 0.6 is 0 Å². The van der Waals surface area contributed by atoms with Crippen LogP contribution in [-0.2, 0) is 0 Å². The number of carbonyl (C=O) groups excluding carboxylic acids is 1. The summed E-state index contributed by atoms with van der Waals surface area (Å²) in [6.07, 6.45) is 4.56. The molecule has 4 heteroatoms. The molecule has 0 unspecified atom stereocenters. The summed E-state index contributed by atoms with van der Waals surface area (Å²) in [5, 5.41) is 4.27. The first-order valence-corrected chi connectivity index (χ1v) is 7.30. The molecule has 0 saturated carbocycles. The highest BCUT2D eigenvalue weighted by Crippen LogP contribution is 2.30. The van der Waals surface area contributed by atoms with E-state index in [1.54, 1.807) is 22.8 Å². The van der Waals surface area contributed by atoms with Crippen LogP contribution in [-0.4, -0.2) is 20.9 Å². The summed E-state index contributed by atoms with van der Waals surface area (Å²) < 4.78 is 1.77. The molecule has 2 heterocycles. The van der Waals surface area contributed by atoms with Crippen LogP contribution in [0.25, 0.3) is 28.0 Å². The van der Waals surface area contributed by atoms with Gasteiger partial charge in [-0.2, -0.15) is 5.10 Å². The maximum absolute atomic E-state index is 10.9. The minimum absolute atomic E-state index is 0.653. The summed E-state index contributed by atoms with van der Waals surface area (Å²) in [5.41, 5.74) is 5.37. The van der Waals surface area contributed by atoms with Crippen LogP contribution in [0.1, 0.15) is 10.4 Å². The molecule has 0 spiro atoms. The number of nitrogens with zero attached hydrogens (tertiary/aromatic N) is 3. The van der Waals surface area contributed by atoms with E-state index in [1.807, 2.05) is 42.6 Å². The van der Waals surface area contributed by atoms with Gasteiger partial charge >= 0.3 is 0 Å². The van der Waals surface area contributed by atoms with Crippen LogP contribution < -0.4 is 0 Å². The maximum atomic E-state index is 10.9. The van der Waals surface area contributed by atoms with Gasteiger partial charge in [-0.25, -0.2) is 9.50 Å². The van der Waals surface area contributed by atoms with E-state index in [-0.39, 0.29) is 0 Å². The molecule has 23 heavy (non-hydrogen) atoms. The van der Waals surface area contributed by atoms with Crippen molar-refractivity contribution in [2.75, 3.05) is 0 Å². The Morgan fingerprint density at radius 3 is 2.39 bits per heavy atom. The number of hydrogen-bond donors (Lipinski definition) is 0. The number of aromatic nitrogens is 3. The van der Waals surface area contributed by atoms with Crippen molar-refractivity contribution in [2.45, 2.75) is 0 Å². The Labute approximate surface area is 133 Å². The van der Waals surface area contributed by atoms with Crippen molar-refractivity contribution in [3.8, 4) is 22.4 Å². The second kappa shape index (κ2) is 5.50. The highest BCUT2D eigenvalue weighted by atomic mass is 16.1. The second-order valence-corrected chi connectivity index (χ2v) is 5.24. The van der Waals surface area contributed by atoms with Crippen molar-refractivity contribution in [3.05, 3.63) is 78.6 Å². The molecule has 0 amide bonds. The quantitative estimate of drug-likeness (QED) is 0.539. The number of hydrogen-bond acceptors (Lipinski definition) is 3. The summed E-state index contributed by atoms with van der Waals surface area (Å²) in [7, 11) is 0. The van der Waals surface area contributed by atoms with Gasteiger partial charge in [0.05, 0.1) is 11.9 Å². The molecule has 0 N–H and O–H groups in total. The highest BCUT2D eigenvalue weighted by Gasteiger charge is 2.11. The maximum Gasteiger partial charge on any atom is 0.155 e. The fourth-order valence-corrected chi connectivity index (χ4v) is 2.62. The molecule has 4 rings (SSSR count). The molecule has 0 atom stereocenters. The molecular formula is C19H13N3O. The Balaban J connectivity index is 1.97. The fourth-order valence-electron chi connectivity index (χ4n) is 2.62. The molecular weight excluding hydrogens is 286 g/mol. The molecule has 0 fully saturated rings.